The summed E-state index contributed by atoms with van der Waals surface area (Å²) >= 11 is 0. The van der Waals surface area contributed by atoms with Crippen LogP contribution in [-0.2, 0) is 0 Å². The summed E-state index contributed by atoms with van der Waals surface area (Å²) in [6, 6.07) is 28.5. The predicted octanol–water partition coefficient (Wildman–Crippen LogP) is 5.35. The highest BCUT2D eigenvalue weighted by atomic mass is 28.3. The third-order valence-corrected chi connectivity index (χ3v) is 10.1. The number of hydrogen-bond donors (Lipinski definition) is 0. The summed E-state index contributed by atoms with van der Waals surface area (Å²) in [5.74, 6) is 0. The molecule has 0 saturated heterocycles. The van der Waals surface area contributed by atoms with Gasteiger partial charge in [-0.15, -0.1) is 0 Å². The molecule has 0 spiro atoms. The maximum Gasteiger partial charge on any atom is 0.138 e. The average molecular weight is 349 g/mol. The van der Waals surface area contributed by atoms with Crippen LogP contribution in [0.3, 0.4) is 0 Å². The summed E-state index contributed by atoms with van der Waals surface area (Å²) in [7, 11) is -2.04. The van der Waals surface area contributed by atoms with E-state index < -0.39 is 8.07 Å². The van der Waals surface area contributed by atoms with Gasteiger partial charge < -0.3 is 0 Å². The van der Waals surface area contributed by atoms with Crippen LogP contribution in [0.25, 0.3) is 12.2 Å². The third kappa shape index (κ3) is 2.35. The molecule has 0 aromatic heterocycles. The predicted molar refractivity (Wildman–Crippen MR) is 113 cm³/mol. The van der Waals surface area contributed by atoms with Crippen LogP contribution in [0, 0.1) is 12.8 Å². The van der Waals surface area contributed by atoms with E-state index in [1.807, 2.05) is 0 Å². The van der Waals surface area contributed by atoms with E-state index in [1.165, 1.54) is 37.8 Å². The van der Waals surface area contributed by atoms with Crippen molar-refractivity contribution < 1.29 is 0 Å². The Morgan fingerprint density at radius 3 is 1.38 bits per heavy atom. The summed E-state index contributed by atoms with van der Waals surface area (Å²) in [5.41, 5.74) is 5.36. The Balaban J connectivity index is 1.65. The summed E-state index contributed by atoms with van der Waals surface area (Å²) < 4.78 is 0. The molecule has 1 heteroatoms. The molecule has 0 aliphatic heterocycles. The maximum atomic E-state index is 2.49. The molecule has 0 N–H and O–H groups in total. The number of benzene rings is 3. The molecule has 0 atom stereocenters. The molecule has 2 aliphatic carbocycles. The molecule has 124 valence electrons. The lowest BCUT2D eigenvalue weighted by atomic mass is 10.1. The number of rotatable bonds is 3. The minimum Gasteiger partial charge on any atom is -0.0628 e. The second-order valence-corrected chi connectivity index (χ2v) is 11.2. The van der Waals surface area contributed by atoms with Crippen LogP contribution in [0.5, 0.6) is 0 Å². The Hall–Kier alpha value is -2.64. The highest BCUT2D eigenvalue weighted by Gasteiger charge is 2.41. The van der Waals surface area contributed by atoms with Gasteiger partial charge in [0.05, 0.1) is 0 Å². The second kappa shape index (κ2) is 5.96. The fourth-order valence-corrected chi connectivity index (χ4v) is 7.79. The molecule has 2 aliphatic rings. The van der Waals surface area contributed by atoms with Crippen LogP contribution in [0.2, 0.25) is 6.55 Å². The van der Waals surface area contributed by atoms with E-state index in [0.29, 0.717) is 0 Å². The fraction of sp³-hybridized carbons (Fsp3) is 0.0400. The Morgan fingerprint density at radius 1 is 0.500 bits per heavy atom. The largest absolute Gasteiger partial charge is 0.138 e. The molecule has 0 bridgehead atoms. The number of allylic oxidation sites excluding steroid dienone is 2. The lowest BCUT2D eigenvalue weighted by Gasteiger charge is -2.31. The summed E-state index contributed by atoms with van der Waals surface area (Å²) in [6.07, 6.45) is 9.64. The van der Waals surface area contributed by atoms with Crippen molar-refractivity contribution in [3.63, 3.8) is 0 Å². The van der Waals surface area contributed by atoms with E-state index in [-0.39, 0.29) is 0 Å². The zero-order chi connectivity index (χ0) is 17.6. The van der Waals surface area contributed by atoms with Gasteiger partial charge in [0.15, 0.2) is 0 Å². The van der Waals surface area contributed by atoms with E-state index in [0.717, 1.165) is 0 Å². The topological polar surface area (TPSA) is 0 Å². The van der Waals surface area contributed by atoms with Crippen LogP contribution >= 0.6 is 0 Å². The van der Waals surface area contributed by atoms with Gasteiger partial charge in [-0.25, -0.2) is 0 Å². The highest BCUT2D eigenvalue weighted by Crippen LogP contribution is 2.40. The quantitative estimate of drug-likeness (QED) is 0.560. The molecule has 5 rings (SSSR count). The second-order valence-electron chi connectivity index (χ2n) is 7.24. The monoisotopic (exact) mass is 348 g/mol. The molecule has 3 aromatic carbocycles. The number of hydrogen-bond acceptors (Lipinski definition) is 0. The normalized spacial score (nSPS) is 15.3. The summed E-state index contributed by atoms with van der Waals surface area (Å²) in [6.45, 7) is 2.49. The molecule has 0 fully saturated rings. The molecule has 0 unspecified atom stereocenters. The number of fused-ring (bicyclic) bond motifs is 2. The molecule has 0 heterocycles. The Kier molecular flexibility index (Phi) is 3.58. The van der Waals surface area contributed by atoms with Crippen LogP contribution in [0.4, 0.5) is 0 Å². The zero-order valence-electron chi connectivity index (χ0n) is 14.8. The van der Waals surface area contributed by atoms with Gasteiger partial charge >= 0.3 is 0 Å². The van der Waals surface area contributed by atoms with Gasteiger partial charge in [0.1, 0.15) is 8.07 Å². The van der Waals surface area contributed by atoms with Crippen molar-refractivity contribution in [2.24, 2.45) is 0 Å². The Bertz CT molecular complexity index is 977. The van der Waals surface area contributed by atoms with Crippen LogP contribution in [0.1, 0.15) is 22.3 Å². The molecular weight excluding hydrogens is 328 g/mol. The lowest BCUT2D eigenvalue weighted by molar-refractivity contribution is 1.50. The fourth-order valence-electron chi connectivity index (χ4n) is 4.15. The van der Waals surface area contributed by atoms with Crippen molar-refractivity contribution in [2.45, 2.75) is 6.55 Å². The SMILES string of the molecule is C[Si](C1=Cc2ccccc2[CH]1)(C1=Cc2ccccc2[CH]1)c1ccccc1. The van der Waals surface area contributed by atoms with Crippen molar-refractivity contribution in [3.8, 4) is 0 Å². The Labute approximate surface area is 156 Å². The molecule has 26 heavy (non-hydrogen) atoms. The minimum absolute atomic E-state index is 1.34. The van der Waals surface area contributed by atoms with Crippen molar-refractivity contribution in [2.75, 3.05) is 0 Å². The van der Waals surface area contributed by atoms with Crippen molar-refractivity contribution in [1.29, 1.82) is 0 Å². The van der Waals surface area contributed by atoms with Gasteiger partial charge in [0.2, 0.25) is 0 Å². The first-order chi connectivity index (χ1) is 12.7. The first-order valence-corrected chi connectivity index (χ1v) is 11.6. The highest BCUT2D eigenvalue weighted by molar-refractivity contribution is 7.04. The van der Waals surface area contributed by atoms with Crippen molar-refractivity contribution in [1.82, 2.24) is 0 Å². The van der Waals surface area contributed by atoms with Gasteiger partial charge in [0, 0.05) is 12.8 Å². The van der Waals surface area contributed by atoms with Crippen molar-refractivity contribution >= 4 is 25.4 Å². The van der Waals surface area contributed by atoms with Crippen LogP contribution in [-0.4, -0.2) is 8.07 Å². The molecule has 3 aromatic rings. The van der Waals surface area contributed by atoms with Gasteiger partial charge in [0.25, 0.3) is 0 Å². The lowest BCUT2D eigenvalue weighted by Crippen LogP contribution is -2.49. The van der Waals surface area contributed by atoms with Gasteiger partial charge in [-0.3, -0.25) is 0 Å². The van der Waals surface area contributed by atoms with E-state index in [2.05, 4.69) is 110 Å². The minimum atomic E-state index is -2.04. The Morgan fingerprint density at radius 2 is 0.923 bits per heavy atom. The van der Waals surface area contributed by atoms with Gasteiger partial charge in [-0.05, 0) is 22.3 Å². The average Bonchev–Trinajstić information content (AvgIpc) is 3.32. The first-order valence-electron chi connectivity index (χ1n) is 9.12. The molecule has 0 nitrogen and oxygen atoms in total. The molecule has 0 amide bonds. The molecule has 0 saturated carbocycles. The van der Waals surface area contributed by atoms with E-state index in [4.69, 9.17) is 0 Å². The van der Waals surface area contributed by atoms with E-state index in [1.54, 1.807) is 0 Å². The standard InChI is InChI=1S/C25H20Si/c1-26(23-13-3-2-4-14-23,24-15-19-9-5-6-10-20(19)16-24)25-17-21-11-7-8-12-22(21)18-25/h2-18H,1H3. The van der Waals surface area contributed by atoms with E-state index in [9.17, 15) is 0 Å². The molecule has 2 radical (unpaired) electrons. The molecular formula is C25H20Si. The zero-order valence-corrected chi connectivity index (χ0v) is 15.8. The summed E-state index contributed by atoms with van der Waals surface area (Å²) in [4.78, 5) is 0. The van der Waals surface area contributed by atoms with Gasteiger partial charge in [-0.1, -0.05) is 113 Å². The maximum absolute atomic E-state index is 2.49. The third-order valence-electron chi connectivity index (χ3n) is 5.74. The first kappa shape index (κ1) is 15.6. The van der Waals surface area contributed by atoms with Gasteiger partial charge in [-0.2, -0.15) is 0 Å². The smallest absolute Gasteiger partial charge is 0.0628 e. The summed E-state index contributed by atoms with van der Waals surface area (Å²) in [5, 5.41) is 4.44. The van der Waals surface area contributed by atoms with Crippen molar-refractivity contribution in [3.05, 3.63) is 124 Å². The van der Waals surface area contributed by atoms with E-state index >= 15 is 0 Å². The van der Waals surface area contributed by atoms with Crippen LogP contribution < -0.4 is 5.19 Å². The van der Waals surface area contributed by atoms with Crippen LogP contribution in [0.15, 0.2) is 89.3 Å².